The fraction of sp³-hybridized carbons (Fsp3) is 0.238. The van der Waals surface area contributed by atoms with Crippen molar-refractivity contribution in [2.75, 3.05) is 0 Å². The van der Waals surface area contributed by atoms with Gasteiger partial charge in [0.1, 0.15) is 6.17 Å². The lowest BCUT2D eigenvalue weighted by molar-refractivity contribution is 0.404. The number of nitrogens with two attached hydrogens (primary N) is 1. The number of aromatic nitrogens is 2. The van der Waals surface area contributed by atoms with Crippen molar-refractivity contribution in [1.82, 2.24) is 9.78 Å². The lowest BCUT2D eigenvalue weighted by atomic mass is 10.1. The summed E-state index contributed by atoms with van der Waals surface area (Å²) in [7, 11) is 0. The Hall–Kier alpha value is -3.15. The highest BCUT2D eigenvalue weighted by Crippen LogP contribution is 2.11. The van der Waals surface area contributed by atoms with Gasteiger partial charge in [0.25, 0.3) is 0 Å². The molecule has 27 heavy (non-hydrogen) atoms. The first-order chi connectivity index (χ1) is 13.1. The molecule has 6 heteroatoms. The number of alkyl halides is 1. The van der Waals surface area contributed by atoms with Crippen LogP contribution >= 0.6 is 0 Å². The Balaban J connectivity index is 1.53. The summed E-state index contributed by atoms with van der Waals surface area (Å²) < 4.78 is 15.0. The third-order valence-electron chi connectivity index (χ3n) is 4.15. The average molecular weight is 366 g/mol. The maximum atomic E-state index is 13.1. The monoisotopic (exact) mass is 366 g/mol. The van der Waals surface area contributed by atoms with Crippen LogP contribution in [-0.4, -0.2) is 26.8 Å². The summed E-state index contributed by atoms with van der Waals surface area (Å²) in [6.07, 6.45) is 21.3. The van der Waals surface area contributed by atoms with E-state index in [4.69, 9.17) is 5.73 Å². The van der Waals surface area contributed by atoms with Gasteiger partial charge in [0.05, 0.1) is 17.6 Å². The van der Waals surface area contributed by atoms with Crippen LogP contribution in [0, 0.1) is 0 Å². The molecule has 0 unspecified atom stereocenters. The molecule has 3 rings (SSSR count). The van der Waals surface area contributed by atoms with Crippen molar-refractivity contribution < 1.29 is 9.50 Å². The van der Waals surface area contributed by atoms with E-state index < -0.39 is 6.17 Å². The van der Waals surface area contributed by atoms with Gasteiger partial charge in [-0.3, -0.25) is 4.68 Å². The van der Waals surface area contributed by atoms with E-state index in [0.29, 0.717) is 12.1 Å². The lowest BCUT2D eigenvalue weighted by Gasteiger charge is -2.08. The van der Waals surface area contributed by atoms with Gasteiger partial charge in [-0.1, -0.05) is 30.4 Å². The zero-order chi connectivity index (χ0) is 19.1. The number of hydrogen-bond acceptors (Lipinski definition) is 4. The molecule has 1 atom stereocenters. The predicted octanol–water partition coefficient (Wildman–Crippen LogP) is 3.85. The number of aliphatic imine (C=N–C) groups is 1. The Kier molecular flexibility index (Phi) is 6.20. The highest BCUT2D eigenvalue weighted by molar-refractivity contribution is 6.09. The first-order valence-electron chi connectivity index (χ1n) is 8.92. The van der Waals surface area contributed by atoms with Gasteiger partial charge in [-0.15, -0.1) is 0 Å². The fourth-order valence-corrected chi connectivity index (χ4v) is 2.75. The van der Waals surface area contributed by atoms with Gasteiger partial charge >= 0.3 is 0 Å². The van der Waals surface area contributed by atoms with Crippen LogP contribution in [0.5, 0.6) is 0 Å². The van der Waals surface area contributed by atoms with E-state index in [-0.39, 0.29) is 11.6 Å². The Bertz CT molecular complexity index is 870. The summed E-state index contributed by atoms with van der Waals surface area (Å²) in [6, 6.07) is 0. The molecule has 140 valence electrons. The minimum Gasteiger partial charge on any atom is -0.493 e. The average Bonchev–Trinajstić information content (AvgIpc) is 3.11. The summed E-state index contributed by atoms with van der Waals surface area (Å²) >= 11 is 0. The zero-order valence-corrected chi connectivity index (χ0v) is 15.0. The van der Waals surface area contributed by atoms with E-state index in [0.717, 1.165) is 24.9 Å². The third-order valence-corrected chi connectivity index (χ3v) is 4.15. The molecule has 2 aliphatic rings. The van der Waals surface area contributed by atoms with Crippen LogP contribution in [0.1, 0.15) is 18.4 Å². The van der Waals surface area contributed by atoms with E-state index in [2.05, 4.69) is 40.5 Å². The highest BCUT2D eigenvalue weighted by atomic mass is 19.1. The van der Waals surface area contributed by atoms with Crippen molar-refractivity contribution in [1.29, 1.82) is 0 Å². The van der Waals surface area contributed by atoms with Crippen molar-refractivity contribution in [3.8, 4) is 0 Å². The summed E-state index contributed by atoms with van der Waals surface area (Å²) in [4.78, 5) is 4.01. The van der Waals surface area contributed by atoms with Gasteiger partial charge in [-0.25, -0.2) is 9.38 Å². The van der Waals surface area contributed by atoms with Gasteiger partial charge in [-0.05, 0) is 54.7 Å². The van der Waals surface area contributed by atoms with Crippen LogP contribution in [0.3, 0.4) is 0 Å². The predicted molar refractivity (Wildman–Crippen MR) is 106 cm³/mol. The minimum atomic E-state index is -1.21. The van der Waals surface area contributed by atoms with Gasteiger partial charge in [0.2, 0.25) is 5.88 Å². The molecular weight excluding hydrogens is 343 g/mol. The van der Waals surface area contributed by atoms with Crippen LogP contribution < -0.4 is 5.73 Å². The number of hydrogen-bond donors (Lipinski definition) is 2. The second-order valence-electron chi connectivity index (χ2n) is 6.33. The van der Waals surface area contributed by atoms with Crippen molar-refractivity contribution in [2.24, 2.45) is 10.7 Å². The molecule has 0 saturated heterocycles. The second kappa shape index (κ2) is 8.98. The third kappa shape index (κ3) is 5.67. The molecule has 0 saturated carbocycles. The molecule has 0 fully saturated rings. The van der Waals surface area contributed by atoms with E-state index >= 15 is 0 Å². The lowest BCUT2D eigenvalue weighted by Crippen LogP contribution is -2.15. The molecule has 1 aromatic rings. The number of allylic oxidation sites excluding steroid dienone is 10. The topological polar surface area (TPSA) is 76.4 Å². The van der Waals surface area contributed by atoms with Crippen LogP contribution in [0.25, 0.3) is 0 Å². The minimum absolute atomic E-state index is 0.156. The standard InChI is InChI=1S/C21H23FN4O/c22-18-9-10-20(19(23)13-18)25-21(27)11-8-17-14-24-26(15-17)12-4-7-16-5-2-1-3-6-16/h2-3,5-7,9-11,13-15,18,27H,1,4,8,12,23H2/b21-11+,25-20?/t18-/m1/s1. The van der Waals surface area contributed by atoms with Crippen molar-refractivity contribution in [2.45, 2.75) is 32.0 Å². The van der Waals surface area contributed by atoms with Crippen molar-refractivity contribution >= 4 is 5.71 Å². The van der Waals surface area contributed by atoms with Crippen molar-refractivity contribution in [3.63, 3.8) is 0 Å². The SMILES string of the molecule is NC1=C[C@H](F)C=CC1=N/C(O)=C\Cc1cnn(CCC=C2C=CCC=C2)c1. The molecule has 5 nitrogen and oxygen atoms in total. The molecule has 1 heterocycles. The van der Waals surface area contributed by atoms with E-state index in [9.17, 15) is 9.50 Å². The van der Waals surface area contributed by atoms with E-state index in [1.165, 1.54) is 23.8 Å². The Labute approximate surface area is 158 Å². The smallest absolute Gasteiger partial charge is 0.207 e. The quantitative estimate of drug-likeness (QED) is 0.751. The molecular formula is C21H23FN4O. The van der Waals surface area contributed by atoms with E-state index in [1.807, 2.05) is 10.9 Å². The zero-order valence-electron chi connectivity index (χ0n) is 15.0. The number of aliphatic hydroxyl groups excluding tert-OH is 1. The van der Waals surface area contributed by atoms with Gasteiger partial charge in [0, 0.05) is 12.7 Å². The first kappa shape index (κ1) is 18.6. The number of aryl methyl sites for hydroxylation is 1. The van der Waals surface area contributed by atoms with Gasteiger partial charge in [-0.2, -0.15) is 5.10 Å². The normalized spacial score (nSPS) is 21.0. The van der Waals surface area contributed by atoms with Gasteiger partial charge in [0.15, 0.2) is 0 Å². The molecule has 0 bridgehead atoms. The van der Waals surface area contributed by atoms with Crippen LogP contribution in [-0.2, 0) is 13.0 Å². The summed E-state index contributed by atoms with van der Waals surface area (Å²) in [5.41, 5.74) is 8.47. The first-order valence-corrected chi connectivity index (χ1v) is 8.92. The molecule has 0 aromatic carbocycles. The maximum absolute atomic E-state index is 13.1. The molecule has 1 aromatic heterocycles. The summed E-state index contributed by atoms with van der Waals surface area (Å²) in [5.74, 6) is -0.156. The molecule has 0 spiro atoms. The Morgan fingerprint density at radius 1 is 1.37 bits per heavy atom. The van der Waals surface area contributed by atoms with Gasteiger partial charge < -0.3 is 10.8 Å². The Morgan fingerprint density at radius 2 is 2.19 bits per heavy atom. The Morgan fingerprint density at radius 3 is 2.96 bits per heavy atom. The number of aliphatic hydroxyl groups is 1. The molecule has 3 N–H and O–H groups in total. The second-order valence-corrected chi connectivity index (χ2v) is 6.33. The van der Waals surface area contributed by atoms with Crippen LogP contribution in [0.2, 0.25) is 0 Å². The molecule has 0 amide bonds. The summed E-state index contributed by atoms with van der Waals surface area (Å²) in [6.45, 7) is 0.791. The molecule has 0 radical (unpaired) electrons. The highest BCUT2D eigenvalue weighted by Gasteiger charge is 2.10. The van der Waals surface area contributed by atoms with E-state index in [1.54, 1.807) is 12.3 Å². The number of halogens is 1. The van der Waals surface area contributed by atoms with Crippen LogP contribution in [0.15, 0.2) is 89.2 Å². The number of rotatable bonds is 6. The summed E-state index contributed by atoms with van der Waals surface area (Å²) in [5, 5.41) is 14.3. The maximum Gasteiger partial charge on any atom is 0.207 e. The van der Waals surface area contributed by atoms with Crippen molar-refractivity contribution in [3.05, 3.63) is 89.8 Å². The fourth-order valence-electron chi connectivity index (χ4n) is 2.75. The molecule has 2 aliphatic carbocycles. The van der Waals surface area contributed by atoms with Crippen LogP contribution in [0.4, 0.5) is 4.39 Å². The largest absolute Gasteiger partial charge is 0.493 e. The number of nitrogens with zero attached hydrogens (tertiary/aromatic N) is 3. The molecule has 0 aliphatic heterocycles.